The topological polar surface area (TPSA) is 67.9 Å². The van der Waals surface area contributed by atoms with E-state index in [-0.39, 0.29) is 17.7 Å². The molecule has 0 bridgehead atoms. The Balaban J connectivity index is 2.45. The van der Waals surface area contributed by atoms with Crippen LogP contribution in [0.2, 0.25) is 0 Å². The van der Waals surface area contributed by atoms with Crippen molar-refractivity contribution in [1.82, 2.24) is 10.2 Å². The Hall–Kier alpha value is -1.14. The predicted molar refractivity (Wildman–Crippen MR) is 70.7 cm³/mol. The lowest BCUT2D eigenvalue weighted by molar-refractivity contribution is -0.137. The van der Waals surface area contributed by atoms with Crippen molar-refractivity contribution >= 4 is 11.8 Å². The van der Waals surface area contributed by atoms with Gasteiger partial charge < -0.3 is 19.7 Å². The van der Waals surface area contributed by atoms with E-state index in [4.69, 9.17) is 9.47 Å². The van der Waals surface area contributed by atoms with Gasteiger partial charge in [0.2, 0.25) is 11.8 Å². The van der Waals surface area contributed by atoms with Gasteiger partial charge in [-0.15, -0.1) is 0 Å². The summed E-state index contributed by atoms with van der Waals surface area (Å²) in [7, 11) is 0. The zero-order valence-corrected chi connectivity index (χ0v) is 11.8. The summed E-state index contributed by atoms with van der Waals surface area (Å²) in [5, 5.41) is 2.69. The van der Waals surface area contributed by atoms with Crippen LogP contribution in [0.3, 0.4) is 0 Å². The van der Waals surface area contributed by atoms with Gasteiger partial charge in [0.25, 0.3) is 0 Å². The van der Waals surface area contributed by atoms with Crippen molar-refractivity contribution in [2.75, 3.05) is 46.1 Å². The first kappa shape index (κ1) is 15.9. The summed E-state index contributed by atoms with van der Waals surface area (Å²) in [5.74, 6) is -0.276. The first-order chi connectivity index (χ1) is 9.19. The second kappa shape index (κ2) is 8.87. The van der Waals surface area contributed by atoms with Gasteiger partial charge in [0.15, 0.2) is 0 Å². The third-order valence-corrected chi connectivity index (χ3v) is 3.06. The van der Waals surface area contributed by atoms with Crippen molar-refractivity contribution in [3.63, 3.8) is 0 Å². The molecule has 6 heteroatoms. The molecule has 1 saturated heterocycles. The van der Waals surface area contributed by atoms with E-state index in [1.54, 1.807) is 4.90 Å². The van der Waals surface area contributed by atoms with E-state index < -0.39 is 0 Å². The number of amides is 2. The summed E-state index contributed by atoms with van der Waals surface area (Å²) in [6.45, 7) is 7.68. The number of carbonyl (C=O) groups is 2. The Morgan fingerprint density at radius 1 is 1.26 bits per heavy atom. The van der Waals surface area contributed by atoms with Crippen molar-refractivity contribution in [2.45, 2.75) is 20.3 Å². The molecule has 0 radical (unpaired) electrons. The molecular weight excluding hydrogens is 248 g/mol. The quantitative estimate of drug-likeness (QED) is 0.601. The van der Waals surface area contributed by atoms with Crippen molar-refractivity contribution in [2.24, 2.45) is 5.92 Å². The summed E-state index contributed by atoms with van der Waals surface area (Å²) in [4.78, 5) is 25.2. The van der Waals surface area contributed by atoms with Crippen LogP contribution in [-0.4, -0.2) is 62.8 Å². The molecule has 1 aliphatic heterocycles. The standard InChI is InChI=1S/C13H24N2O4/c1-3-18-7-5-15(6-8-19-4-2)13(17)11-9-12(16)14-10-11/h11H,3-10H2,1-2H3,(H,14,16). The molecule has 0 aromatic heterocycles. The fraction of sp³-hybridized carbons (Fsp3) is 0.846. The number of rotatable bonds is 9. The van der Waals surface area contributed by atoms with Crippen LogP contribution in [0.15, 0.2) is 0 Å². The SMILES string of the molecule is CCOCCN(CCOCC)C(=O)C1CNC(=O)C1. The van der Waals surface area contributed by atoms with Gasteiger partial charge in [-0.05, 0) is 13.8 Å². The van der Waals surface area contributed by atoms with Gasteiger partial charge in [-0.1, -0.05) is 0 Å². The highest BCUT2D eigenvalue weighted by Crippen LogP contribution is 2.12. The predicted octanol–water partition coefficient (Wildman–Crippen LogP) is 0.0241. The average Bonchev–Trinajstić information content (AvgIpc) is 2.83. The van der Waals surface area contributed by atoms with Crippen LogP contribution in [0.1, 0.15) is 20.3 Å². The van der Waals surface area contributed by atoms with Crippen LogP contribution in [0.25, 0.3) is 0 Å². The van der Waals surface area contributed by atoms with Crippen LogP contribution in [0, 0.1) is 5.92 Å². The zero-order chi connectivity index (χ0) is 14.1. The highest BCUT2D eigenvalue weighted by atomic mass is 16.5. The van der Waals surface area contributed by atoms with E-state index >= 15 is 0 Å². The summed E-state index contributed by atoms with van der Waals surface area (Å²) in [6.07, 6.45) is 0.290. The number of hydrogen-bond acceptors (Lipinski definition) is 4. The lowest BCUT2D eigenvalue weighted by atomic mass is 10.1. The van der Waals surface area contributed by atoms with E-state index in [1.807, 2.05) is 13.8 Å². The van der Waals surface area contributed by atoms with Crippen molar-refractivity contribution in [1.29, 1.82) is 0 Å². The Morgan fingerprint density at radius 3 is 2.26 bits per heavy atom. The Kier molecular flexibility index (Phi) is 7.43. The molecule has 1 rings (SSSR count). The largest absolute Gasteiger partial charge is 0.380 e. The number of carbonyl (C=O) groups excluding carboxylic acids is 2. The maximum absolute atomic E-state index is 12.3. The van der Waals surface area contributed by atoms with E-state index in [9.17, 15) is 9.59 Å². The summed E-state index contributed by atoms with van der Waals surface area (Å²) >= 11 is 0. The molecule has 1 atom stereocenters. The van der Waals surface area contributed by atoms with Crippen LogP contribution in [0.5, 0.6) is 0 Å². The summed E-state index contributed by atoms with van der Waals surface area (Å²) < 4.78 is 10.6. The number of nitrogens with zero attached hydrogens (tertiary/aromatic N) is 1. The molecule has 0 aromatic rings. The van der Waals surface area contributed by atoms with Crippen LogP contribution in [-0.2, 0) is 19.1 Å². The second-order valence-corrected chi connectivity index (χ2v) is 4.42. The molecule has 0 aliphatic carbocycles. The highest BCUT2D eigenvalue weighted by molar-refractivity contribution is 5.89. The molecule has 2 amide bonds. The van der Waals surface area contributed by atoms with Gasteiger partial charge in [0, 0.05) is 39.3 Å². The minimum Gasteiger partial charge on any atom is -0.380 e. The molecule has 1 fully saturated rings. The average molecular weight is 272 g/mol. The Bertz CT molecular complexity index is 286. The van der Waals surface area contributed by atoms with Gasteiger partial charge in [-0.25, -0.2) is 0 Å². The molecule has 6 nitrogen and oxygen atoms in total. The molecule has 19 heavy (non-hydrogen) atoms. The summed E-state index contributed by atoms with van der Waals surface area (Å²) in [6, 6.07) is 0. The number of ether oxygens (including phenoxy) is 2. The van der Waals surface area contributed by atoms with Crippen molar-refractivity contribution in [3.8, 4) is 0 Å². The second-order valence-electron chi connectivity index (χ2n) is 4.42. The molecule has 1 unspecified atom stereocenters. The van der Waals surface area contributed by atoms with Gasteiger partial charge in [-0.2, -0.15) is 0 Å². The Labute approximate surface area is 114 Å². The molecule has 0 saturated carbocycles. The van der Waals surface area contributed by atoms with Crippen LogP contribution < -0.4 is 5.32 Å². The van der Waals surface area contributed by atoms with Gasteiger partial charge in [-0.3, -0.25) is 9.59 Å². The van der Waals surface area contributed by atoms with E-state index in [0.29, 0.717) is 52.5 Å². The number of hydrogen-bond donors (Lipinski definition) is 1. The number of nitrogens with one attached hydrogen (secondary N) is 1. The Morgan fingerprint density at radius 2 is 1.84 bits per heavy atom. The zero-order valence-electron chi connectivity index (χ0n) is 11.8. The van der Waals surface area contributed by atoms with Crippen molar-refractivity contribution < 1.29 is 19.1 Å². The molecule has 110 valence electrons. The third kappa shape index (κ3) is 5.57. The molecular formula is C13H24N2O4. The first-order valence-electron chi connectivity index (χ1n) is 6.90. The van der Waals surface area contributed by atoms with Gasteiger partial charge in [0.1, 0.15) is 0 Å². The minimum absolute atomic E-state index is 0.0118. The van der Waals surface area contributed by atoms with Gasteiger partial charge >= 0.3 is 0 Å². The monoisotopic (exact) mass is 272 g/mol. The lowest BCUT2D eigenvalue weighted by Crippen LogP contribution is -2.41. The summed E-state index contributed by atoms with van der Waals surface area (Å²) in [5.41, 5.74) is 0. The first-order valence-corrected chi connectivity index (χ1v) is 6.90. The van der Waals surface area contributed by atoms with Crippen LogP contribution in [0.4, 0.5) is 0 Å². The molecule has 1 aliphatic rings. The van der Waals surface area contributed by atoms with Gasteiger partial charge in [0.05, 0.1) is 19.1 Å². The fourth-order valence-corrected chi connectivity index (χ4v) is 2.01. The van der Waals surface area contributed by atoms with E-state index in [0.717, 1.165) is 0 Å². The maximum Gasteiger partial charge on any atom is 0.228 e. The molecule has 1 N–H and O–H groups in total. The van der Waals surface area contributed by atoms with Crippen LogP contribution >= 0.6 is 0 Å². The molecule has 0 aromatic carbocycles. The van der Waals surface area contributed by atoms with E-state index in [2.05, 4.69) is 5.32 Å². The fourth-order valence-electron chi connectivity index (χ4n) is 2.01. The third-order valence-electron chi connectivity index (χ3n) is 3.06. The smallest absolute Gasteiger partial charge is 0.228 e. The van der Waals surface area contributed by atoms with E-state index in [1.165, 1.54) is 0 Å². The lowest BCUT2D eigenvalue weighted by Gasteiger charge is -2.24. The maximum atomic E-state index is 12.3. The molecule has 0 spiro atoms. The minimum atomic E-state index is -0.240. The normalized spacial score (nSPS) is 18.4. The van der Waals surface area contributed by atoms with Crippen molar-refractivity contribution in [3.05, 3.63) is 0 Å². The highest BCUT2D eigenvalue weighted by Gasteiger charge is 2.31. The molecule has 1 heterocycles.